The van der Waals surface area contributed by atoms with E-state index in [1.807, 2.05) is 0 Å². The molecule has 0 heterocycles. The number of aliphatic hydroxyl groups excluding tert-OH is 1. The first-order valence-corrected chi connectivity index (χ1v) is 4.98. The molecule has 7 heteroatoms. The van der Waals surface area contributed by atoms with Gasteiger partial charge in [-0.1, -0.05) is 0 Å². The largest absolute Gasteiger partial charge is 0.411 e. The minimum absolute atomic E-state index is 0.000116. The Hall–Kier alpha value is -0.370. The zero-order valence-corrected chi connectivity index (χ0v) is 9.22. The predicted molar refractivity (Wildman–Crippen MR) is 52.2 cm³/mol. The lowest BCUT2D eigenvalue weighted by atomic mass is 10.3. The number of aliphatic hydroxyl groups is 1. The SMILES string of the molecule is COCC(O)CCNCCOCC(F)(F)F. The van der Waals surface area contributed by atoms with E-state index >= 15 is 0 Å². The number of nitrogens with one attached hydrogen (secondary N) is 1. The second-order valence-corrected chi connectivity index (χ2v) is 3.32. The number of methoxy groups -OCH3 is 1. The number of rotatable bonds is 9. The molecule has 16 heavy (non-hydrogen) atoms. The summed E-state index contributed by atoms with van der Waals surface area (Å²) in [5, 5.41) is 12.1. The molecule has 0 fully saturated rings. The number of hydrogen-bond donors (Lipinski definition) is 2. The maximum atomic E-state index is 11.6. The molecule has 0 bridgehead atoms. The van der Waals surface area contributed by atoms with Crippen molar-refractivity contribution in [1.29, 1.82) is 0 Å². The van der Waals surface area contributed by atoms with Crippen LogP contribution in [-0.4, -0.2) is 57.4 Å². The lowest BCUT2D eigenvalue weighted by molar-refractivity contribution is -0.173. The Kier molecular flexibility index (Phi) is 8.54. The molecule has 2 N–H and O–H groups in total. The number of ether oxygens (including phenoxy) is 2. The van der Waals surface area contributed by atoms with Crippen LogP contribution in [0.1, 0.15) is 6.42 Å². The summed E-state index contributed by atoms with van der Waals surface area (Å²) in [5.74, 6) is 0. The summed E-state index contributed by atoms with van der Waals surface area (Å²) in [4.78, 5) is 0. The van der Waals surface area contributed by atoms with Crippen LogP contribution < -0.4 is 5.32 Å². The first kappa shape index (κ1) is 15.6. The minimum Gasteiger partial charge on any atom is -0.391 e. The Balaban J connectivity index is 3.16. The van der Waals surface area contributed by atoms with E-state index in [1.165, 1.54) is 7.11 Å². The van der Waals surface area contributed by atoms with Crippen molar-refractivity contribution in [2.24, 2.45) is 0 Å². The third-order valence-corrected chi connectivity index (χ3v) is 1.70. The summed E-state index contributed by atoms with van der Waals surface area (Å²) >= 11 is 0. The van der Waals surface area contributed by atoms with E-state index < -0.39 is 18.9 Å². The van der Waals surface area contributed by atoms with Crippen LogP contribution in [0.3, 0.4) is 0 Å². The van der Waals surface area contributed by atoms with E-state index in [-0.39, 0.29) is 13.2 Å². The smallest absolute Gasteiger partial charge is 0.391 e. The third-order valence-electron chi connectivity index (χ3n) is 1.70. The monoisotopic (exact) mass is 245 g/mol. The standard InChI is InChI=1S/C9H18F3NO3/c1-15-6-8(14)2-3-13-4-5-16-7-9(10,11)12/h8,13-14H,2-7H2,1H3. The molecule has 0 radical (unpaired) electrons. The van der Waals surface area contributed by atoms with Crippen LogP contribution in [0.5, 0.6) is 0 Å². The van der Waals surface area contributed by atoms with Crippen molar-refractivity contribution in [1.82, 2.24) is 5.32 Å². The molecule has 0 aliphatic carbocycles. The van der Waals surface area contributed by atoms with Gasteiger partial charge in [0.1, 0.15) is 6.61 Å². The molecule has 0 aromatic heterocycles. The van der Waals surface area contributed by atoms with Gasteiger partial charge in [0.25, 0.3) is 0 Å². The van der Waals surface area contributed by atoms with Gasteiger partial charge in [0, 0.05) is 13.7 Å². The van der Waals surface area contributed by atoms with Crippen molar-refractivity contribution in [2.75, 3.05) is 40.0 Å². The van der Waals surface area contributed by atoms with Crippen molar-refractivity contribution in [3.05, 3.63) is 0 Å². The fraction of sp³-hybridized carbons (Fsp3) is 1.00. The van der Waals surface area contributed by atoms with Crippen molar-refractivity contribution in [3.8, 4) is 0 Å². The van der Waals surface area contributed by atoms with Crippen LogP contribution in [0.25, 0.3) is 0 Å². The Bertz CT molecular complexity index is 167. The molecular formula is C9H18F3NO3. The first-order valence-electron chi connectivity index (χ1n) is 4.98. The highest BCUT2D eigenvalue weighted by Crippen LogP contribution is 2.13. The van der Waals surface area contributed by atoms with Crippen LogP contribution in [0.15, 0.2) is 0 Å². The quantitative estimate of drug-likeness (QED) is 0.583. The Morgan fingerprint density at radius 2 is 2.00 bits per heavy atom. The van der Waals surface area contributed by atoms with Gasteiger partial charge in [0.2, 0.25) is 0 Å². The van der Waals surface area contributed by atoms with Crippen LogP contribution in [-0.2, 0) is 9.47 Å². The van der Waals surface area contributed by atoms with E-state index in [2.05, 4.69) is 10.1 Å². The molecule has 0 amide bonds. The molecule has 0 rings (SSSR count). The number of hydrogen-bond acceptors (Lipinski definition) is 4. The van der Waals surface area contributed by atoms with E-state index in [4.69, 9.17) is 4.74 Å². The van der Waals surface area contributed by atoms with E-state index in [0.717, 1.165) is 0 Å². The van der Waals surface area contributed by atoms with Crippen molar-refractivity contribution in [3.63, 3.8) is 0 Å². The molecule has 0 aromatic rings. The van der Waals surface area contributed by atoms with Gasteiger partial charge >= 0.3 is 6.18 Å². The Morgan fingerprint density at radius 3 is 2.56 bits per heavy atom. The van der Waals surface area contributed by atoms with Gasteiger partial charge in [-0.2, -0.15) is 13.2 Å². The molecule has 1 unspecified atom stereocenters. The fourth-order valence-corrected chi connectivity index (χ4v) is 1.00. The minimum atomic E-state index is -4.27. The van der Waals surface area contributed by atoms with Crippen molar-refractivity contribution < 1.29 is 27.8 Å². The maximum absolute atomic E-state index is 11.6. The molecule has 1 atom stereocenters. The normalized spacial score (nSPS) is 14.1. The highest BCUT2D eigenvalue weighted by molar-refractivity contribution is 4.56. The van der Waals surface area contributed by atoms with Gasteiger partial charge in [-0.25, -0.2) is 0 Å². The number of halogens is 3. The zero-order valence-electron chi connectivity index (χ0n) is 9.22. The summed E-state index contributed by atoms with van der Waals surface area (Å²) in [7, 11) is 1.49. The summed E-state index contributed by atoms with van der Waals surface area (Å²) in [5.41, 5.74) is 0. The summed E-state index contributed by atoms with van der Waals surface area (Å²) in [6.45, 7) is -0.122. The lowest BCUT2D eigenvalue weighted by Crippen LogP contribution is -2.27. The van der Waals surface area contributed by atoms with Gasteiger partial charge in [-0.05, 0) is 13.0 Å². The van der Waals surface area contributed by atoms with Crippen LogP contribution in [0, 0.1) is 0 Å². The van der Waals surface area contributed by atoms with Gasteiger partial charge in [0.05, 0.1) is 19.3 Å². The van der Waals surface area contributed by atoms with Gasteiger partial charge in [-0.15, -0.1) is 0 Å². The molecule has 98 valence electrons. The molecule has 4 nitrogen and oxygen atoms in total. The summed E-state index contributed by atoms with van der Waals surface area (Å²) in [6.07, 6.45) is -4.32. The lowest BCUT2D eigenvalue weighted by Gasteiger charge is -2.10. The average molecular weight is 245 g/mol. The highest BCUT2D eigenvalue weighted by atomic mass is 19.4. The van der Waals surface area contributed by atoms with Crippen molar-refractivity contribution in [2.45, 2.75) is 18.7 Å². The number of alkyl halides is 3. The molecule has 0 aliphatic rings. The Morgan fingerprint density at radius 1 is 1.31 bits per heavy atom. The van der Waals surface area contributed by atoms with Crippen LogP contribution >= 0.6 is 0 Å². The van der Waals surface area contributed by atoms with Gasteiger partial charge in [0.15, 0.2) is 0 Å². The fourth-order valence-electron chi connectivity index (χ4n) is 1.00. The molecule has 0 saturated heterocycles. The predicted octanol–water partition coefficient (Wildman–Crippen LogP) is 0.552. The molecule has 0 saturated carbocycles. The first-order chi connectivity index (χ1) is 7.45. The third kappa shape index (κ3) is 11.7. The van der Waals surface area contributed by atoms with Crippen molar-refractivity contribution >= 4 is 0 Å². The van der Waals surface area contributed by atoms with E-state index in [1.54, 1.807) is 0 Å². The molecule has 0 aliphatic heterocycles. The maximum Gasteiger partial charge on any atom is 0.411 e. The van der Waals surface area contributed by atoms with Gasteiger partial charge in [-0.3, -0.25) is 0 Å². The second-order valence-electron chi connectivity index (χ2n) is 3.32. The molecule has 0 aromatic carbocycles. The van der Waals surface area contributed by atoms with E-state index in [0.29, 0.717) is 19.5 Å². The topological polar surface area (TPSA) is 50.7 Å². The zero-order chi connectivity index (χ0) is 12.4. The van der Waals surface area contributed by atoms with E-state index in [9.17, 15) is 18.3 Å². The van der Waals surface area contributed by atoms with Crippen LogP contribution in [0.2, 0.25) is 0 Å². The van der Waals surface area contributed by atoms with Gasteiger partial charge < -0.3 is 19.9 Å². The van der Waals surface area contributed by atoms with Crippen LogP contribution in [0.4, 0.5) is 13.2 Å². The highest BCUT2D eigenvalue weighted by Gasteiger charge is 2.27. The summed E-state index contributed by atoms with van der Waals surface area (Å²) in [6, 6.07) is 0. The Labute approximate surface area is 92.7 Å². The average Bonchev–Trinajstić information content (AvgIpc) is 2.15. The molecular weight excluding hydrogens is 227 g/mol. The summed E-state index contributed by atoms with van der Waals surface area (Å²) < 4.78 is 44.0. The molecule has 0 spiro atoms. The second kappa shape index (κ2) is 8.74.